The molecule has 0 fully saturated rings. The normalized spacial score (nSPS) is 10.9. The van der Waals surface area contributed by atoms with Crippen LogP contribution in [-0.4, -0.2) is 30.9 Å². The summed E-state index contributed by atoms with van der Waals surface area (Å²) in [4.78, 5) is 11.3. The van der Waals surface area contributed by atoms with Crippen LogP contribution in [0.4, 0.5) is 0 Å². The van der Waals surface area contributed by atoms with E-state index in [-0.39, 0.29) is 6.42 Å². The molecule has 3 rings (SSSR count). The smallest absolute Gasteiger partial charge is 0.307 e. The third-order valence-corrected chi connectivity index (χ3v) is 3.41. The summed E-state index contributed by atoms with van der Waals surface area (Å²) in [7, 11) is 0. The van der Waals surface area contributed by atoms with E-state index in [4.69, 9.17) is 5.11 Å². The van der Waals surface area contributed by atoms with E-state index in [1.54, 1.807) is 23.0 Å². The number of aliphatic carboxylic acids is 1. The Hall–Kier alpha value is -2.28. The molecule has 7 heteroatoms. The van der Waals surface area contributed by atoms with E-state index in [9.17, 15) is 4.79 Å². The number of carboxylic acid groups (broad SMARTS) is 1. The SMILES string of the molecule is O=C(O)Cc1ccc(-c2nn3cnnc3s2)cc1. The second kappa shape index (κ2) is 4.19. The molecule has 1 N–H and O–H groups in total. The highest BCUT2D eigenvalue weighted by Gasteiger charge is 2.08. The third kappa shape index (κ3) is 1.95. The number of carboxylic acids is 1. The molecule has 0 atom stereocenters. The zero-order valence-corrected chi connectivity index (χ0v) is 9.96. The molecular formula is C11H8N4O2S. The van der Waals surface area contributed by atoms with Crippen molar-refractivity contribution in [1.29, 1.82) is 0 Å². The maximum Gasteiger partial charge on any atom is 0.307 e. The molecule has 0 aliphatic rings. The lowest BCUT2D eigenvalue weighted by molar-refractivity contribution is -0.136. The number of aromatic nitrogens is 4. The fourth-order valence-electron chi connectivity index (χ4n) is 1.62. The van der Waals surface area contributed by atoms with Crippen molar-refractivity contribution in [2.45, 2.75) is 6.42 Å². The average molecular weight is 260 g/mol. The molecule has 6 nitrogen and oxygen atoms in total. The quantitative estimate of drug-likeness (QED) is 0.771. The van der Waals surface area contributed by atoms with Gasteiger partial charge in [0.2, 0.25) is 4.96 Å². The van der Waals surface area contributed by atoms with E-state index in [0.717, 1.165) is 21.1 Å². The van der Waals surface area contributed by atoms with Crippen molar-refractivity contribution in [2.75, 3.05) is 0 Å². The van der Waals surface area contributed by atoms with E-state index < -0.39 is 5.97 Å². The first-order chi connectivity index (χ1) is 8.72. The fourth-order valence-corrected chi connectivity index (χ4v) is 2.44. The van der Waals surface area contributed by atoms with Gasteiger partial charge in [-0.15, -0.1) is 10.2 Å². The maximum absolute atomic E-state index is 10.6. The van der Waals surface area contributed by atoms with Crippen LogP contribution in [0.3, 0.4) is 0 Å². The minimum atomic E-state index is -0.832. The Morgan fingerprint density at radius 1 is 1.33 bits per heavy atom. The van der Waals surface area contributed by atoms with Crippen LogP contribution in [0.15, 0.2) is 30.6 Å². The topological polar surface area (TPSA) is 80.4 Å². The van der Waals surface area contributed by atoms with E-state index in [1.807, 2.05) is 12.1 Å². The molecule has 1 aromatic carbocycles. The maximum atomic E-state index is 10.6. The summed E-state index contributed by atoms with van der Waals surface area (Å²) in [6, 6.07) is 7.33. The lowest BCUT2D eigenvalue weighted by Gasteiger charge is -1.98. The Labute approximate surface area is 106 Å². The minimum Gasteiger partial charge on any atom is -0.481 e. The van der Waals surface area contributed by atoms with Crippen LogP contribution in [0.25, 0.3) is 15.5 Å². The molecule has 0 unspecified atom stereocenters. The Morgan fingerprint density at radius 2 is 2.11 bits per heavy atom. The molecule has 0 spiro atoms. The van der Waals surface area contributed by atoms with Crippen LogP contribution in [-0.2, 0) is 11.2 Å². The molecule has 90 valence electrons. The first-order valence-corrected chi connectivity index (χ1v) is 6.02. The number of hydrogen-bond acceptors (Lipinski definition) is 5. The largest absolute Gasteiger partial charge is 0.481 e. The first-order valence-electron chi connectivity index (χ1n) is 5.20. The lowest BCUT2D eigenvalue weighted by atomic mass is 10.1. The van der Waals surface area contributed by atoms with Gasteiger partial charge < -0.3 is 5.11 Å². The monoisotopic (exact) mass is 260 g/mol. The number of fused-ring (bicyclic) bond motifs is 1. The zero-order valence-electron chi connectivity index (χ0n) is 9.15. The molecule has 2 heterocycles. The summed E-state index contributed by atoms with van der Waals surface area (Å²) in [5.74, 6) is -0.832. The molecular weight excluding hydrogens is 252 g/mol. The van der Waals surface area contributed by atoms with Gasteiger partial charge in [-0.3, -0.25) is 4.79 Å². The van der Waals surface area contributed by atoms with Gasteiger partial charge >= 0.3 is 5.97 Å². The van der Waals surface area contributed by atoms with Crippen LogP contribution in [0.5, 0.6) is 0 Å². The number of rotatable bonds is 3. The van der Waals surface area contributed by atoms with Crippen molar-refractivity contribution in [3.05, 3.63) is 36.2 Å². The highest BCUT2D eigenvalue weighted by molar-refractivity contribution is 7.19. The second-order valence-corrected chi connectivity index (χ2v) is 4.69. The molecule has 0 amide bonds. The Bertz CT molecular complexity index is 673. The van der Waals surface area contributed by atoms with Crippen molar-refractivity contribution in [3.8, 4) is 10.6 Å². The number of carbonyl (C=O) groups is 1. The van der Waals surface area contributed by atoms with Gasteiger partial charge in [0.15, 0.2) is 0 Å². The molecule has 0 saturated heterocycles. The van der Waals surface area contributed by atoms with Crippen LogP contribution in [0.2, 0.25) is 0 Å². The minimum absolute atomic E-state index is 0.0331. The Morgan fingerprint density at radius 3 is 2.78 bits per heavy atom. The van der Waals surface area contributed by atoms with Crippen LogP contribution >= 0.6 is 11.3 Å². The molecule has 0 aliphatic heterocycles. The van der Waals surface area contributed by atoms with Gasteiger partial charge in [-0.1, -0.05) is 35.6 Å². The standard InChI is InChI=1S/C11H8N4O2S/c16-9(17)5-7-1-3-8(4-2-7)10-14-15-6-12-13-11(15)18-10/h1-4,6H,5H2,(H,16,17). The van der Waals surface area contributed by atoms with Gasteiger partial charge in [0.25, 0.3) is 0 Å². The Kier molecular flexibility index (Phi) is 2.52. The van der Waals surface area contributed by atoms with Crippen molar-refractivity contribution < 1.29 is 9.90 Å². The molecule has 0 radical (unpaired) electrons. The van der Waals surface area contributed by atoms with E-state index >= 15 is 0 Å². The summed E-state index contributed by atoms with van der Waals surface area (Å²) < 4.78 is 1.62. The van der Waals surface area contributed by atoms with Gasteiger partial charge in [-0.25, -0.2) is 0 Å². The third-order valence-electron chi connectivity index (χ3n) is 2.44. The fraction of sp³-hybridized carbons (Fsp3) is 0.0909. The van der Waals surface area contributed by atoms with Gasteiger partial charge in [0, 0.05) is 5.56 Å². The summed E-state index contributed by atoms with van der Waals surface area (Å²) in [5.41, 5.74) is 1.72. The summed E-state index contributed by atoms with van der Waals surface area (Å²) in [5, 5.41) is 21.5. The predicted octanol–water partition coefficient (Wildman–Crippen LogP) is 1.48. The van der Waals surface area contributed by atoms with E-state index in [0.29, 0.717) is 0 Å². The van der Waals surface area contributed by atoms with Crippen molar-refractivity contribution in [3.63, 3.8) is 0 Å². The predicted molar refractivity (Wildman–Crippen MR) is 65.4 cm³/mol. The van der Waals surface area contributed by atoms with E-state index in [1.165, 1.54) is 11.3 Å². The van der Waals surface area contributed by atoms with Crippen LogP contribution in [0, 0.1) is 0 Å². The second-order valence-electron chi connectivity index (χ2n) is 3.73. The van der Waals surface area contributed by atoms with Gasteiger partial charge in [0.1, 0.15) is 11.3 Å². The van der Waals surface area contributed by atoms with Gasteiger partial charge in [-0.05, 0) is 5.56 Å². The molecule has 18 heavy (non-hydrogen) atoms. The van der Waals surface area contributed by atoms with Crippen LogP contribution in [0.1, 0.15) is 5.56 Å². The van der Waals surface area contributed by atoms with Crippen molar-refractivity contribution in [1.82, 2.24) is 19.8 Å². The van der Waals surface area contributed by atoms with Crippen LogP contribution < -0.4 is 0 Å². The Balaban J connectivity index is 1.92. The summed E-state index contributed by atoms with van der Waals surface area (Å²) in [6.07, 6.45) is 1.58. The first kappa shape index (κ1) is 10.8. The summed E-state index contributed by atoms with van der Waals surface area (Å²) in [6.45, 7) is 0. The molecule has 2 aromatic heterocycles. The lowest BCUT2D eigenvalue weighted by Crippen LogP contribution is -1.99. The average Bonchev–Trinajstić information content (AvgIpc) is 2.89. The molecule has 3 aromatic rings. The van der Waals surface area contributed by atoms with Crippen molar-refractivity contribution in [2.24, 2.45) is 0 Å². The van der Waals surface area contributed by atoms with Gasteiger partial charge in [-0.2, -0.15) is 9.61 Å². The number of hydrogen-bond donors (Lipinski definition) is 1. The highest BCUT2D eigenvalue weighted by atomic mass is 32.1. The van der Waals surface area contributed by atoms with Crippen molar-refractivity contribution >= 4 is 22.3 Å². The van der Waals surface area contributed by atoms with E-state index in [2.05, 4.69) is 15.3 Å². The number of nitrogens with zero attached hydrogens (tertiary/aromatic N) is 4. The summed E-state index contributed by atoms with van der Waals surface area (Å²) >= 11 is 1.44. The van der Waals surface area contributed by atoms with Gasteiger partial charge in [0.05, 0.1) is 6.42 Å². The molecule has 0 bridgehead atoms. The zero-order chi connectivity index (χ0) is 12.5. The highest BCUT2D eigenvalue weighted by Crippen LogP contribution is 2.24. The molecule has 0 aliphatic carbocycles. The molecule has 0 saturated carbocycles. The number of benzene rings is 1.